The summed E-state index contributed by atoms with van der Waals surface area (Å²) in [6, 6.07) is 8.94. The minimum Gasteiger partial charge on any atom is -0.354 e. The maximum absolute atomic E-state index is 13.3. The number of nitriles is 1. The molecule has 0 saturated carbocycles. The maximum Gasteiger partial charge on any atom is 0.213 e. The zero-order chi connectivity index (χ0) is 14.8. The molecule has 21 heavy (non-hydrogen) atoms. The number of hydrogen-bond acceptors (Lipinski definition) is 4. The summed E-state index contributed by atoms with van der Waals surface area (Å²) in [5.74, 6) is -1.09. The number of fused-ring (bicyclic) bond motifs is 1. The van der Waals surface area contributed by atoms with Crippen LogP contribution in [0, 0.1) is 23.1 Å². The van der Waals surface area contributed by atoms with E-state index in [9.17, 15) is 8.78 Å². The molecule has 102 valence electrons. The summed E-state index contributed by atoms with van der Waals surface area (Å²) in [6.07, 6.45) is 2.64. The molecule has 4 nitrogen and oxygen atoms in total. The molecule has 0 atom stereocenters. The van der Waals surface area contributed by atoms with E-state index in [4.69, 9.17) is 5.26 Å². The molecular formula is C15H8F2N4. The van der Waals surface area contributed by atoms with Gasteiger partial charge in [-0.2, -0.15) is 9.65 Å². The van der Waals surface area contributed by atoms with E-state index in [1.54, 1.807) is 6.07 Å². The van der Waals surface area contributed by atoms with Gasteiger partial charge in [0.1, 0.15) is 11.9 Å². The Morgan fingerprint density at radius 2 is 1.95 bits per heavy atom. The van der Waals surface area contributed by atoms with Gasteiger partial charge in [-0.15, -0.1) is 0 Å². The number of nitrogens with zero attached hydrogens (tertiary/aromatic N) is 3. The van der Waals surface area contributed by atoms with Gasteiger partial charge in [0.05, 0.1) is 23.0 Å². The quantitative estimate of drug-likeness (QED) is 0.730. The molecule has 2 heterocycles. The van der Waals surface area contributed by atoms with Crippen LogP contribution in [-0.2, 0) is 0 Å². The monoisotopic (exact) mass is 282 g/mol. The predicted octanol–water partition coefficient (Wildman–Crippen LogP) is 3.52. The predicted molar refractivity (Wildman–Crippen MR) is 73.9 cm³/mol. The van der Waals surface area contributed by atoms with Crippen LogP contribution >= 0.6 is 0 Å². The van der Waals surface area contributed by atoms with Crippen molar-refractivity contribution in [2.24, 2.45) is 0 Å². The first-order chi connectivity index (χ1) is 10.2. The lowest BCUT2D eigenvalue weighted by molar-refractivity contribution is 0.586. The SMILES string of the molecule is N#Cc1cnc2cnc(F)cc2c1Nc1cccc(F)c1. The number of halogens is 2. The number of rotatable bonds is 2. The van der Waals surface area contributed by atoms with Crippen molar-refractivity contribution in [2.45, 2.75) is 0 Å². The molecule has 0 bridgehead atoms. The lowest BCUT2D eigenvalue weighted by Crippen LogP contribution is -1.98. The van der Waals surface area contributed by atoms with E-state index in [0.717, 1.165) is 0 Å². The summed E-state index contributed by atoms with van der Waals surface area (Å²) < 4.78 is 26.6. The average Bonchev–Trinajstić information content (AvgIpc) is 2.48. The van der Waals surface area contributed by atoms with E-state index in [-0.39, 0.29) is 5.56 Å². The molecule has 0 aliphatic carbocycles. The summed E-state index contributed by atoms with van der Waals surface area (Å²) in [6.45, 7) is 0. The van der Waals surface area contributed by atoms with Crippen molar-refractivity contribution in [1.82, 2.24) is 9.97 Å². The lowest BCUT2D eigenvalue weighted by atomic mass is 10.1. The van der Waals surface area contributed by atoms with E-state index in [0.29, 0.717) is 22.3 Å². The van der Waals surface area contributed by atoms with Gasteiger partial charge in [-0.05, 0) is 18.2 Å². The van der Waals surface area contributed by atoms with Crippen LogP contribution in [0.1, 0.15) is 5.56 Å². The standard InChI is InChI=1S/C15H8F2N4/c16-10-2-1-3-11(4-10)21-15-9(6-18)7-19-13-8-20-14(17)5-12(13)15/h1-5,7-8H,(H,19,21). The molecule has 0 aliphatic rings. The van der Waals surface area contributed by atoms with Crippen LogP contribution < -0.4 is 5.32 Å². The van der Waals surface area contributed by atoms with Crippen LogP contribution in [0.5, 0.6) is 0 Å². The van der Waals surface area contributed by atoms with Gasteiger partial charge in [0, 0.05) is 23.3 Å². The summed E-state index contributed by atoms with van der Waals surface area (Å²) in [4.78, 5) is 7.57. The molecule has 6 heteroatoms. The molecule has 0 aliphatic heterocycles. The first kappa shape index (κ1) is 12.9. The highest BCUT2D eigenvalue weighted by Crippen LogP contribution is 2.28. The Kier molecular flexibility index (Phi) is 3.16. The van der Waals surface area contributed by atoms with Crippen molar-refractivity contribution >= 4 is 22.3 Å². The van der Waals surface area contributed by atoms with E-state index < -0.39 is 11.8 Å². The van der Waals surface area contributed by atoms with Gasteiger partial charge >= 0.3 is 0 Å². The molecule has 0 spiro atoms. The second kappa shape index (κ2) is 5.13. The average molecular weight is 282 g/mol. The van der Waals surface area contributed by atoms with Crippen molar-refractivity contribution in [2.75, 3.05) is 5.32 Å². The van der Waals surface area contributed by atoms with Crippen LogP contribution in [0.25, 0.3) is 10.9 Å². The molecule has 3 rings (SSSR count). The second-order valence-corrected chi connectivity index (χ2v) is 4.32. The number of hydrogen-bond donors (Lipinski definition) is 1. The Hall–Kier alpha value is -3.07. The zero-order valence-electron chi connectivity index (χ0n) is 10.6. The van der Waals surface area contributed by atoms with Crippen molar-refractivity contribution in [3.63, 3.8) is 0 Å². The van der Waals surface area contributed by atoms with E-state index in [1.807, 2.05) is 6.07 Å². The van der Waals surface area contributed by atoms with Gasteiger partial charge in [-0.1, -0.05) is 6.07 Å². The molecule has 0 fully saturated rings. The third kappa shape index (κ3) is 2.49. The number of aromatic nitrogens is 2. The molecule has 1 N–H and O–H groups in total. The van der Waals surface area contributed by atoms with Gasteiger partial charge in [-0.3, -0.25) is 4.98 Å². The highest BCUT2D eigenvalue weighted by atomic mass is 19.1. The smallest absolute Gasteiger partial charge is 0.213 e. The molecule has 0 radical (unpaired) electrons. The van der Waals surface area contributed by atoms with Gasteiger partial charge in [-0.25, -0.2) is 9.37 Å². The molecular weight excluding hydrogens is 274 g/mol. The largest absolute Gasteiger partial charge is 0.354 e. The topological polar surface area (TPSA) is 61.6 Å². The van der Waals surface area contributed by atoms with E-state index in [2.05, 4.69) is 15.3 Å². The Labute approximate surface area is 118 Å². The van der Waals surface area contributed by atoms with Crippen molar-refractivity contribution in [3.05, 3.63) is 60.1 Å². The minimum atomic E-state index is -0.679. The zero-order valence-corrected chi connectivity index (χ0v) is 10.6. The first-order valence-corrected chi connectivity index (χ1v) is 6.04. The number of nitrogens with one attached hydrogen (secondary N) is 1. The van der Waals surface area contributed by atoms with Gasteiger partial charge in [0.2, 0.25) is 5.95 Å². The molecule has 3 aromatic rings. The fourth-order valence-electron chi connectivity index (χ4n) is 2.00. The molecule has 2 aromatic heterocycles. The highest BCUT2D eigenvalue weighted by Gasteiger charge is 2.11. The van der Waals surface area contributed by atoms with Crippen molar-refractivity contribution in [1.29, 1.82) is 5.26 Å². The Morgan fingerprint density at radius 3 is 2.71 bits per heavy atom. The molecule has 0 unspecified atom stereocenters. The number of pyridine rings is 2. The molecule has 1 aromatic carbocycles. The maximum atomic E-state index is 13.3. The number of benzene rings is 1. The number of anilines is 2. The molecule has 0 amide bonds. The summed E-state index contributed by atoms with van der Waals surface area (Å²) in [7, 11) is 0. The van der Waals surface area contributed by atoms with Gasteiger partial charge in [0.25, 0.3) is 0 Å². The first-order valence-electron chi connectivity index (χ1n) is 6.04. The minimum absolute atomic E-state index is 0.234. The summed E-state index contributed by atoms with van der Waals surface area (Å²) in [5.41, 5.74) is 1.50. The van der Waals surface area contributed by atoms with Crippen LogP contribution in [0.2, 0.25) is 0 Å². The lowest BCUT2D eigenvalue weighted by Gasteiger charge is -2.11. The van der Waals surface area contributed by atoms with Gasteiger partial charge in [0.15, 0.2) is 0 Å². The van der Waals surface area contributed by atoms with Crippen LogP contribution in [-0.4, -0.2) is 9.97 Å². The third-order valence-electron chi connectivity index (χ3n) is 2.94. The third-order valence-corrected chi connectivity index (χ3v) is 2.94. The normalized spacial score (nSPS) is 10.3. The van der Waals surface area contributed by atoms with Crippen LogP contribution in [0.3, 0.4) is 0 Å². The van der Waals surface area contributed by atoms with E-state index in [1.165, 1.54) is 36.7 Å². The highest BCUT2D eigenvalue weighted by molar-refractivity contribution is 5.95. The van der Waals surface area contributed by atoms with Crippen molar-refractivity contribution in [3.8, 4) is 6.07 Å². The van der Waals surface area contributed by atoms with Crippen molar-refractivity contribution < 1.29 is 8.78 Å². The van der Waals surface area contributed by atoms with Crippen LogP contribution in [0.15, 0.2) is 42.7 Å². The fourth-order valence-corrected chi connectivity index (χ4v) is 2.00. The fraction of sp³-hybridized carbons (Fsp3) is 0. The van der Waals surface area contributed by atoms with Crippen LogP contribution in [0.4, 0.5) is 20.2 Å². The Morgan fingerprint density at radius 1 is 1.10 bits per heavy atom. The summed E-state index contributed by atoms with van der Waals surface area (Å²) in [5, 5.41) is 12.5. The molecule has 0 saturated heterocycles. The Bertz CT molecular complexity index is 871. The summed E-state index contributed by atoms with van der Waals surface area (Å²) >= 11 is 0. The van der Waals surface area contributed by atoms with Gasteiger partial charge < -0.3 is 5.32 Å². The Balaban J connectivity index is 2.19. The van der Waals surface area contributed by atoms with E-state index >= 15 is 0 Å². The second-order valence-electron chi connectivity index (χ2n) is 4.32.